The van der Waals surface area contributed by atoms with E-state index in [1.54, 1.807) is 4.90 Å². The summed E-state index contributed by atoms with van der Waals surface area (Å²) in [5, 5.41) is 13.4. The molecule has 0 saturated heterocycles. The molecule has 0 aliphatic rings. The number of hydrogen-bond donors (Lipinski definition) is 2. The molecule has 1 aromatic rings. The Morgan fingerprint density at radius 3 is 2.33 bits per heavy atom. The van der Waals surface area contributed by atoms with E-state index in [1.165, 1.54) is 5.56 Å². The van der Waals surface area contributed by atoms with Gasteiger partial charge in [-0.2, -0.15) is 0 Å². The van der Waals surface area contributed by atoms with Crippen LogP contribution in [0.25, 0.3) is 0 Å². The van der Waals surface area contributed by atoms with Crippen LogP contribution in [-0.2, 0) is 6.42 Å². The lowest BCUT2D eigenvalue weighted by molar-refractivity contribution is 0.109. The molecular formula is C20H34N2O2. The largest absolute Gasteiger partial charge is 0.391 e. The highest BCUT2D eigenvalue weighted by Gasteiger charge is 2.22. The van der Waals surface area contributed by atoms with E-state index in [1.807, 2.05) is 39.0 Å². The lowest BCUT2D eigenvalue weighted by Crippen LogP contribution is -2.50. The molecule has 136 valence electrons. The number of urea groups is 1. The quantitative estimate of drug-likeness (QED) is 0.759. The maximum absolute atomic E-state index is 12.5. The van der Waals surface area contributed by atoms with Gasteiger partial charge in [0, 0.05) is 18.6 Å². The number of aryl methyl sites for hydroxylation is 1. The minimum absolute atomic E-state index is 0.0955. The second kappa shape index (κ2) is 9.67. The molecule has 0 spiro atoms. The van der Waals surface area contributed by atoms with Crippen molar-refractivity contribution in [3.8, 4) is 0 Å². The predicted molar refractivity (Wildman–Crippen MR) is 100 cm³/mol. The van der Waals surface area contributed by atoms with Gasteiger partial charge in [-0.3, -0.25) is 0 Å². The van der Waals surface area contributed by atoms with Gasteiger partial charge in [-0.1, -0.05) is 44.2 Å². The second-order valence-electron chi connectivity index (χ2n) is 7.99. The third-order valence-electron chi connectivity index (χ3n) is 3.79. The van der Waals surface area contributed by atoms with Crippen molar-refractivity contribution < 1.29 is 9.90 Å². The summed E-state index contributed by atoms with van der Waals surface area (Å²) in [4.78, 5) is 14.2. The Labute approximate surface area is 147 Å². The van der Waals surface area contributed by atoms with Crippen LogP contribution in [0.5, 0.6) is 0 Å². The molecule has 0 bridgehead atoms. The summed E-state index contributed by atoms with van der Waals surface area (Å²) in [5.41, 5.74) is 0.937. The van der Waals surface area contributed by atoms with Gasteiger partial charge in [-0.25, -0.2) is 4.79 Å². The van der Waals surface area contributed by atoms with Crippen molar-refractivity contribution in [2.24, 2.45) is 5.92 Å². The third kappa shape index (κ3) is 8.92. The molecule has 1 aromatic carbocycles. The first-order valence-electron chi connectivity index (χ1n) is 8.96. The Morgan fingerprint density at radius 1 is 1.17 bits per heavy atom. The minimum Gasteiger partial charge on any atom is -0.391 e. The number of carbonyl (C=O) groups excluding carboxylic acids is 1. The van der Waals surface area contributed by atoms with E-state index in [9.17, 15) is 9.90 Å². The van der Waals surface area contributed by atoms with E-state index in [4.69, 9.17) is 0 Å². The molecule has 0 aliphatic heterocycles. The molecule has 24 heavy (non-hydrogen) atoms. The molecule has 4 nitrogen and oxygen atoms in total. The maximum atomic E-state index is 12.5. The van der Waals surface area contributed by atoms with E-state index in [2.05, 4.69) is 31.3 Å². The molecule has 0 aliphatic carbocycles. The predicted octanol–water partition coefficient (Wildman–Crippen LogP) is 3.84. The van der Waals surface area contributed by atoms with Crippen molar-refractivity contribution in [2.75, 3.05) is 13.1 Å². The van der Waals surface area contributed by atoms with Gasteiger partial charge in [-0.05, 0) is 51.5 Å². The highest BCUT2D eigenvalue weighted by atomic mass is 16.3. The lowest BCUT2D eigenvalue weighted by atomic mass is 10.1. The van der Waals surface area contributed by atoms with E-state index in [0.717, 1.165) is 12.8 Å². The Balaban J connectivity index is 2.56. The van der Waals surface area contributed by atoms with Crippen molar-refractivity contribution in [3.63, 3.8) is 0 Å². The van der Waals surface area contributed by atoms with Gasteiger partial charge in [0.2, 0.25) is 0 Å². The molecule has 4 heteroatoms. The van der Waals surface area contributed by atoms with Gasteiger partial charge in [0.05, 0.1) is 6.10 Å². The van der Waals surface area contributed by atoms with Crippen LogP contribution < -0.4 is 5.32 Å². The molecule has 0 radical (unpaired) electrons. The topological polar surface area (TPSA) is 52.6 Å². The van der Waals surface area contributed by atoms with Gasteiger partial charge in [0.25, 0.3) is 0 Å². The Morgan fingerprint density at radius 2 is 1.79 bits per heavy atom. The Kier molecular flexibility index (Phi) is 8.26. The van der Waals surface area contributed by atoms with Gasteiger partial charge >= 0.3 is 6.03 Å². The van der Waals surface area contributed by atoms with Crippen LogP contribution >= 0.6 is 0 Å². The van der Waals surface area contributed by atoms with Crippen molar-refractivity contribution in [2.45, 2.75) is 65.5 Å². The van der Waals surface area contributed by atoms with E-state index < -0.39 is 6.10 Å². The van der Waals surface area contributed by atoms with Gasteiger partial charge < -0.3 is 15.3 Å². The maximum Gasteiger partial charge on any atom is 0.317 e. The van der Waals surface area contributed by atoms with Crippen LogP contribution in [0.3, 0.4) is 0 Å². The second-order valence-corrected chi connectivity index (χ2v) is 7.99. The first kappa shape index (κ1) is 20.5. The normalized spacial score (nSPS) is 13.0. The SMILES string of the molecule is CC(C)CCN(C[C@H](O)CCc1ccccc1)C(=O)NC(C)(C)C. The average Bonchev–Trinajstić information content (AvgIpc) is 2.48. The number of rotatable bonds is 8. The standard InChI is InChI=1S/C20H34N2O2/c1-16(2)13-14-22(19(24)21-20(3,4)5)15-18(23)12-11-17-9-7-6-8-10-17/h6-10,16,18,23H,11-15H2,1-5H3,(H,21,24)/t18-/m1/s1. The van der Waals surface area contributed by atoms with Crippen molar-refractivity contribution in [1.29, 1.82) is 0 Å². The van der Waals surface area contributed by atoms with Crippen LogP contribution in [0.2, 0.25) is 0 Å². The third-order valence-corrected chi connectivity index (χ3v) is 3.79. The summed E-state index contributed by atoms with van der Waals surface area (Å²) in [5.74, 6) is 0.524. The fourth-order valence-electron chi connectivity index (χ4n) is 2.41. The molecule has 2 N–H and O–H groups in total. The summed E-state index contributed by atoms with van der Waals surface area (Å²) in [6.07, 6.45) is 1.90. The number of nitrogens with one attached hydrogen (secondary N) is 1. The van der Waals surface area contributed by atoms with Crippen LogP contribution in [0.15, 0.2) is 30.3 Å². The minimum atomic E-state index is -0.511. The van der Waals surface area contributed by atoms with Crippen LogP contribution in [0.1, 0.15) is 53.0 Å². The summed E-state index contributed by atoms with van der Waals surface area (Å²) in [6.45, 7) is 11.2. The highest BCUT2D eigenvalue weighted by molar-refractivity contribution is 5.75. The zero-order valence-electron chi connectivity index (χ0n) is 15.9. The number of aliphatic hydroxyl groups excluding tert-OH is 1. The molecule has 2 amide bonds. The summed E-state index contributed by atoms with van der Waals surface area (Å²) in [7, 11) is 0. The number of amides is 2. The van der Waals surface area contributed by atoms with Crippen molar-refractivity contribution in [1.82, 2.24) is 10.2 Å². The zero-order chi connectivity index (χ0) is 18.2. The summed E-state index contributed by atoms with van der Waals surface area (Å²) >= 11 is 0. The highest BCUT2D eigenvalue weighted by Crippen LogP contribution is 2.10. The molecule has 0 heterocycles. The molecule has 1 atom stereocenters. The van der Waals surface area contributed by atoms with Gasteiger partial charge in [0.15, 0.2) is 0 Å². The number of carbonyl (C=O) groups is 1. The van der Waals surface area contributed by atoms with E-state index in [-0.39, 0.29) is 11.6 Å². The molecule has 0 unspecified atom stereocenters. The Hall–Kier alpha value is -1.55. The first-order chi connectivity index (χ1) is 11.2. The molecule has 0 aromatic heterocycles. The van der Waals surface area contributed by atoms with E-state index >= 15 is 0 Å². The average molecular weight is 335 g/mol. The van der Waals surface area contributed by atoms with Gasteiger partial charge in [-0.15, -0.1) is 0 Å². The molecule has 1 rings (SSSR count). The first-order valence-corrected chi connectivity index (χ1v) is 8.96. The molecule has 0 fully saturated rings. The van der Waals surface area contributed by atoms with Crippen LogP contribution in [-0.4, -0.2) is 40.8 Å². The fourth-order valence-corrected chi connectivity index (χ4v) is 2.41. The van der Waals surface area contributed by atoms with Crippen LogP contribution in [0, 0.1) is 5.92 Å². The smallest absolute Gasteiger partial charge is 0.317 e. The summed E-state index contributed by atoms with van der Waals surface area (Å²) < 4.78 is 0. The number of benzene rings is 1. The molecule has 0 saturated carbocycles. The fraction of sp³-hybridized carbons (Fsp3) is 0.650. The van der Waals surface area contributed by atoms with Crippen molar-refractivity contribution in [3.05, 3.63) is 35.9 Å². The zero-order valence-corrected chi connectivity index (χ0v) is 15.9. The van der Waals surface area contributed by atoms with Crippen molar-refractivity contribution >= 4 is 6.03 Å². The Bertz CT molecular complexity index is 480. The summed E-state index contributed by atoms with van der Waals surface area (Å²) in [6, 6.07) is 10.0. The number of hydrogen-bond acceptors (Lipinski definition) is 2. The van der Waals surface area contributed by atoms with Gasteiger partial charge in [0.1, 0.15) is 0 Å². The van der Waals surface area contributed by atoms with Crippen LogP contribution in [0.4, 0.5) is 4.79 Å². The monoisotopic (exact) mass is 334 g/mol. The van der Waals surface area contributed by atoms with E-state index in [0.29, 0.717) is 25.4 Å². The lowest BCUT2D eigenvalue weighted by Gasteiger charge is -2.30. The molecular weight excluding hydrogens is 300 g/mol. The number of aliphatic hydroxyl groups is 1. The number of nitrogens with zero attached hydrogens (tertiary/aromatic N) is 1.